The molecule has 3 nitrogen and oxygen atoms in total. The molecule has 5 heteroatoms. The molecular formula is C14H18BFO3. The second kappa shape index (κ2) is 4.80. The molecule has 1 aliphatic carbocycles. The van der Waals surface area contributed by atoms with Crippen LogP contribution in [0.5, 0.6) is 5.75 Å². The average Bonchev–Trinajstić information content (AvgIpc) is 3.17. The van der Waals surface area contributed by atoms with E-state index in [0.717, 1.165) is 12.8 Å². The predicted molar refractivity (Wildman–Crippen MR) is 71.1 cm³/mol. The molecule has 2 aliphatic rings. The van der Waals surface area contributed by atoms with Gasteiger partial charge in [-0.2, -0.15) is 0 Å². The molecule has 1 aromatic rings. The molecule has 1 aliphatic heterocycles. The number of hydrogen-bond acceptors (Lipinski definition) is 3. The lowest BCUT2D eigenvalue weighted by molar-refractivity contribution is 0.0340. The van der Waals surface area contributed by atoms with Crippen LogP contribution in [0.4, 0.5) is 4.39 Å². The van der Waals surface area contributed by atoms with Crippen molar-refractivity contribution in [3.05, 3.63) is 24.0 Å². The van der Waals surface area contributed by atoms with Crippen molar-refractivity contribution >= 4 is 12.6 Å². The second-order valence-corrected chi connectivity index (χ2v) is 6.09. The summed E-state index contributed by atoms with van der Waals surface area (Å²) in [6.07, 6.45) is 2.19. The van der Waals surface area contributed by atoms with Crippen molar-refractivity contribution in [3.63, 3.8) is 0 Å². The summed E-state index contributed by atoms with van der Waals surface area (Å²) < 4.78 is 31.1. The van der Waals surface area contributed by atoms with Gasteiger partial charge in [-0.25, -0.2) is 4.39 Å². The summed E-state index contributed by atoms with van der Waals surface area (Å²) in [5, 5.41) is 0. The molecule has 0 amide bonds. The minimum atomic E-state index is -0.629. The van der Waals surface area contributed by atoms with Gasteiger partial charge in [0.25, 0.3) is 0 Å². The Hall–Kier alpha value is -1.07. The smallest absolute Gasteiger partial charge is 0.487 e. The molecular weight excluding hydrogens is 246 g/mol. The molecule has 0 aromatic heterocycles. The fraction of sp³-hybridized carbons (Fsp3) is 0.571. The number of benzene rings is 1. The van der Waals surface area contributed by atoms with Crippen LogP contribution < -0.4 is 10.2 Å². The highest BCUT2D eigenvalue weighted by atomic mass is 19.1. The van der Waals surface area contributed by atoms with Gasteiger partial charge in [0, 0.05) is 24.1 Å². The van der Waals surface area contributed by atoms with E-state index in [0.29, 0.717) is 24.4 Å². The molecule has 1 saturated carbocycles. The maximum atomic E-state index is 14.4. The Balaban J connectivity index is 1.76. The summed E-state index contributed by atoms with van der Waals surface area (Å²) in [6, 6.07) is 5.13. The summed E-state index contributed by atoms with van der Waals surface area (Å²) in [5.41, 5.74) is 0.406. The van der Waals surface area contributed by atoms with Gasteiger partial charge in [-0.3, -0.25) is 0 Å². The Morgan fingerprint density at radius 3 is 2.58 bits per heavy atom. The van der Waals surface area contributed by atoms with Gasteiger partial charge in [-0.1, -0.05) is 26.0 Å². The zero-order valence-corrected chi connectivity index (χ0v) is 11.3. The molecule has 0 bridgehead atoms. The third kappa shape index (κ3) is 2.93. The van der Waals surface area contributed by atoms with Gasteiger partial charge >= 0.3 is 7.12 Å². The van der Waals surface area contributed by atoms with Crippen LogP contribution in [0.15, 0.2) is 18.2 Å². The molecule has 1 heterocycles. The first kappa shape index (κ1) is 12.9. The minimum absolute atomic E-state index is 0.0188. The van der Waals surface area contributed by atoms with Crippen molar-refractivity contribution < 1.29 is 18.4 Å². The van der Waals surface area contributed by atoms with Crippen LogP contribution in [0.3, 0.4) is 0 Å². The standard InChI is InChI=1S/C14H18BFO3/c1-14(2)8-17-15(18-9-14)11-4-3-5-12(13(11)16)19-10-6-7-10/h3-5,10H,6-9H2,1-2H3. The first-order chi connectivity index (χ1) is 9.05. The van der Waals surface area contributed by atoms with E-state index >= 15 is 0 Å². The molecule has 1 aromatic carbocycles. The highest BCUT2D eigenvalue weighted by Gasteiger charge is 2.36. The number of rotatable bonds is 3. The van der Waals surface area contributed by atoms with E-state index in [4.69, 9.17) is 14.0 Å². The molecule has 102 valence electrons. The van der Waals surface area contributed by atoms with Gasteiger partial charge in [0.05, 0.1) is 6.10 Å². The fourth-order valence-corrected chi connectivity index (χ4v) is 2.04. The van der Waals surface area contributed by atoms with Gasteiger partial charge in [0.15, 0.2) is 11.6 Å². The minimum Gasteiger partial charge on any atom is -0.487 e. The topological polar surface area (TPSA) is 27.7 Å². The van der Waals surface area contributed by atoms with E-state index in [1.54, 1.807) is 18.2 Å². The van der Waals surface area contributed by atoms with Crippen LogP contribution in [-0.2, 0) is 9.31 Å². The quantitative estimate of drug-likeness (QED) is 0.783. The van der Waals surface area contributed by atoms with E-state index < -0.39 is 7.12 Å². The molecule has 3 rings (SSSR count). The zero-order valence-electron chi connectivity index (χ0n) is 11.3. The Bertz CT molecular complexity index is 464. The van der Waals surface area contributed by atoms with Crippen LogP contribution in [0, 0.1) is 11.2 Å². The summed E-state index contributed by atoms with van der Waals surface area (Å²) >= 11 is 0. The van der Waals surface area contributed by atoms with E-state index in [2.05, 4.69) is 13.8 Å². The van der Waals surface area contributed by atoms with Gasteiger partial charge in [-0.05, 0) is 18.9 Å². The second-order valence-electron chi connectivity index (χ2n) is 6.09. The van der Waals surface area contributed by atoms with Crippen molar-refractivity contribution in [1.82, 2.24) is 0 Å². The molecule has 0 N–H and O–H groups in total. The Morgan fingerprint density at radius 2 is 1.95 bits per heavy atom. The molecule has 0 atom stereocenters. The third-order valence-electron chi connectivity index (χ3n) is 3.32. The van der Waals surface area contributed by atoms with Crippen molar-refractivity contribution in [2.24, 2.45) is 5.41 Å². The highest BCUT2D eigenvalue weighted by molar-refractivity contribution is 6.61. The van der Waals surface area contributed by atoms with Crippen molar-refractivity contribution in [2.75, 3.05) is 13.2 Å². The average molecular weight is 264 g/mol. The zero-order chi connectivity index (χ0) is 13.5. The summed E-state index contributed by atoms with van der Waals surface area (Å²) in [6.45, 7) is 5.24. The normalized spacial score (nSPS) is 22.4. The molecule has 19 heavy (non-hydrogen) atoms. The van der Waals surface area contributed by atoms with E-state index in [9.17, 15) is 4.39 Å². The molecule has 0 unspecified atom stereocenters. The van der Waals surface area contributed by atoms with E-state index in [1.165, 1.54) is 0 Å². The number of ether oxygens (including phenoxy) is 1. The Kier molecular flexibility index (Phi) is 3.27. The lowest BCUT2D eigenvalue weighted by atomic mass is 9.75. The van der Waals surface area contributed by atoms with Crippen molar-refractivity contribution in [2.45, 2.75) is 32.8 Å². The van der Waals surface area contributed by atoms with E-state index in [1.807, 2.05) is 0 Å². The first-order valence-corrected chi connectivity index (χ1v) is 6.73. The van der Waals surface area contributed by atoms with Gasteiger partial charge in [-0.15, -0.1) is 0 Å². The molecule has 0 radical (unpaired) electrons. The third-order valence-corrected chi connectivity index (χ3v) is 3.32. The van der Waals surface area contributed by atoms with Crippen LogP contribution >= 0.6 is 0 Å². The lowest BCUT2D eigenvalue weighted by Gasteiger charge is -2.33. The molecule has 0 spiro atoms. The monoisotopic (exact) mass is 264 g/mol. The largest absolute Gasteiger partial charge is 0.497 e. The van der Waals surface area contributed by atoms with Gasteiger partial charge in [0.2, 0.25) is 0 Å². The van der Waals surface area contributed by atoms with Crippen LogP contribution in [0.25, 0.3) is 0 Å². The number of halogens is 1. The maximum absolute atomic E-state index is 14.4. The van der Waals surface area contributed by atoms with Crippen molar-refractivity contribution in [1.29, 1.82) is 0 Å². The number of hydrogen-bond donors (Lipinski definition) is 0. The SMILES string of the molecule is CC1(C)COB(c2cccc(OC3CC3)c2F)OC1. The fourth-order valence-electron chi connectivity index (χ4n) is 2.04. The maximum Gasteiger partial charge on any atom is 0.497 e. The summed E-state index contributed by atoms with van der Waals surface area (Å²) in [7, 11) is -0.629. The Labute approximate surface area is 113 Å². The lowest BCUT2D eigenvalue weighted by Crippen LogP contribution is -2.48. The molecule has 1 saturated heterocycles. The van der Waals surface area contributed by atoms with Crippen molar-refractivity contribution in [3.8, 4) is 5.75 Å². The summed E-state index contributed by atoms with van der Waals surface area (Å²) in [5.74, 6) is -0.0591. The van der Waals surface area contributed by atoms with Crippen LogP contribution in [0.1, 0.15) is 26.7 Å². The Morgan fingerprint density at radius 1 is 1.26 bits per heavy atom. The molecule has 2 fully saturated rings. The van der Waals surface area contributed by atoms with E-state index in [-0.39, 0.29) is 17.3 Å². The predicted octanol–water partition coefficient (Wildman–Crippen LogP) is 2.14. The van der Waals surface area contributed by atoms with Crippen LogP contribution in [-0.4, -0.2) is 26.4 Å². The van der Waals surface area contributed by atoms with Crippen LogP contribution in [0.2, 0.25) is 0 Å². The summed E-state index contributed by atoms with van der Waals surface area (Å²) in [4.78, 5) is 0. The highest BCUT2D eigenvalue weighted by Crippen LogP contribution is 2.28. The van der Waals surface area contributed by atoms with Gasteiger partial charge < -0.3 is 14.0 Å². The van der Waals surface area contributed by atoms with Gasteiger partial charge in [0.1, 0.15) is 0 Å². The first-order valence-electron chi connectivity index (χ1n) is 6.73.